The van der Waals surface area contributed by atoms with Crippen LogP contribution in [0.5, 0.6) is 0 Å². The van der Waals surface area contributed by atoms with Crippen molar-refractivity contribution in [3.63, 3.8) is 0 Å². The smallest absolute Gasteiger partial charge is 0.228 e. The van der Waals surface area contributed by atoms with E-state index in [-0.39, 0.29) is 24.3 Å². The van der Waals surface area contributed by atoms with Crippen molar-refractivity contribution in [2.24, 2.45) is 17.8 Å². The molecule has 1 saturated carbocycles. The molecule has 7 heteroatoms. The Hall–Kier alpha value is -2.28. The van der Waals surface area contributed by atoms with Gasteiger partial charge < -0.3 is 10.3 Å². The lowest BCUT2D eigenvalue weighted by atomic mass is 9.89. The van der Waals surface area contributed by atoms with Gasteiger partial charge in [0.25, 0.3) is 0 Å². The Morgan fingerprint density at radius 3 is 2.76 bits per heavy atom. The van der Waals surface area contributed by atoms with Gasteiger partial charge in [-0.25, -0.2) is 13.8 Å². The third-order valence-electron chi connectivity index (χ3n) is 6.76. The van der Waals surface area contributed by atoms with Crippen LogP contribution in [0.25, 0.3) is 16.6 Å². The van der Waals surface area contributed by atoms with Gasteiger partial charge in [0.1, 0.15) is 23.8 Å². The summed E-state index contributed by atoms with van der Waals surface area (Å²) in [5.74, 6) is 1.35. The molecule has 3 atom stereocenters. The minimum atomic E-state index is -1.46. The van der Waals surface area contributed by atoms with Crippen LogP contribution in [-0.2, 0) is 4.79 Å². The highest BCUT2D eigenvalue weighted by molar-refractivity contribution is 5.97. The van der Waals surface area contributed by atoms with E-state index in [0.717, 1.165) is 47.9 Å². The molecule has 0 spiro atoms. The van der Waals surface area contributed by atoms with Crippen LogP contribution < -0.4 is 5.32 Å². The first-order valence-electron chi connectivity index (χ1n) is 12.3. The summed E-state index contributed by atoms with van der Waals surface area (Å²) in [5, 5.41) is 3.96. The van der Waals surface area contributed by atoms with Gasteiger partial charge in [0.05, 0.1) is 0 Å². The summed E-state index contributed by atoms with van der Waals surface area (Å²) in [4.78, 5) is 22.0. The first kappa shape index (κ1) is 23.9. The van der Waals surface area contributed by atoms with E-state index in [2.05, 4.69) is 42.1 Å². The highest BCUT2D eigenvalue weighted by Gasteiger charge is 2.31. The Balaban J connectivity index is 1.43. The third-order valence-corrected chi connectivity index (χ3v) is 6.76. The molecule has 3 heterocycles. The first-order chi connectivity index (χ1) is 15.8. The molecule has 1 amide bonds. The Morgan fingerprint density at radius 2 is 2.06 bits per heavy atom. The predicted octanol–water partition coefficient (Wildman–Crippen LogP) is 5.75. The van der Waals surface area contributed by atoms with Gasteiger partial charge in [-0.05, 0) is 54.4 Å². The van der Waals surface area contributed by atoms with Crippen molar-refractivity contribution in [2.75, 3.05) is 25.0 Å². The quantitative estimate of drug-likeness (QED) is 0.477. The molecular weight excluding hydrogens is 422 g/mol. The molecule has 4 rings (SSSR count). The van der Waals surface area contributed by atoms with Crippen LogP contribution >= 0.6 is 0 Å². The molecule has 2 aromatic rings. The van der Waals surface area contributed by atoms with Gasteiger partial charge in [-0.15, -0.1) is 0 Å². The molecule has 1 fully saturated rings. The fourth-order valence-electron chi connectivity index (χ4n) is 4.69. The third kappa shape index (κ3) is 5.99. The number of aromatic nitrogens is 2. The van der Waals surface area contributed by atoms with Crippen molar-refractivity contribution in [1.29, 1.82) is 0 Å². The molecule has 0 saturated heterocycles. The number of nitrogens with zero attached hydrogens (tertiary/aromatic N) is 2. The van der Waals surface area contributed by atoms with E-state index < -0.39 is 12.3 Å². The zero-order chi connectivity index (χ0) is 23.5. The minimum Gasteiger partial charge on any atom is -0.346 e. The second-order valence-corrected chi connectivity index (χ2v) is 10.2. The Labute approximate surface area is 195 Å². The Morgan fingerprint density at radius 1 is 1.27 bits per heavy atom. The lowest BCUT2D eigenvalue weighted by Crippen LogP contribution is -2.40. The van der Waals surface area contributed by atoms with Gasteiger partial charge in [-0.3, -0.25) is 9.69 Å². The number of alkyl halides is 2. The number of fused-ring (bicyclic) bond motifs is 1. The van der Waals surface area contributed by atoms with Crippen molar-refractivity contribution in [1.82, 2.24) is 14.9 Å². The van der Waals surface area contributed by atoms with E-state index in [1.54, 1.807) is 0 Å². The molecule has 180 valence electrons. The molecule has 33 heavy (non-hydrogen) atoms. The lowest BCUT2D eigenvalue weighted by Gasteiger charge is -2.33. The maximum absolute atomic E-state index is 14.6. The highest BCUT2D eigenvalue weighted by Crippen LogP contribution is 2.35. The summed E-state index contributed by atoms with van der Waals surface area (Å²) in [7, 11) is 0. The number of pyridine rings is 1. The number of anilines is 1. The van der Waals surface area contributed by atoms with Crippen molar-refractivity contribution >= 4 is 28.3 Å². The number of carbonyl (C=O) groups excluding carboxylic acids is 1. The zero-order valence-electron chi connectivity index (χ0n) is 19.9. The number of hydrogen-bond acceptors (Lipinski definition) is 3. The summed E-state index contributed by atoms with van der Waals surface area (Å²) in [6, 6.07) is 3.94. The van der Waals surface area contributed by atoms with Crippen LogP contribution in [-0.4, -0.2) is 52.8 Å². The molecule has 2 unspecified atom stereocenters. The topological polar surface area (TPSA) is 61.0 Å². The number of rotatable bonds is 10. The number of carbonyl (C=O) groups is 1. The SMILES string of the molecule is CC(C)CCCC(F)C(F)CN1CC=C(c2cc(NC(=O)C3CC3)nc3[nH]ccc23)[C@H](C)C1. The fourth-order valence-corrected chi connectivity index (χ4v) is 4.69. The Kier molecular flexibility index (Phi) is 7.47. The van der Waals surface area contributed by atoms with E-state index in [9.17, 15) is 13.6 Å². The molecule has 0 radical (unpaired) electrons. The van der Waals surface area contributed by atoms with E-state index >= 15 is 0 Å². The Bertz CT molecular complexity index is 997. The van der Waals surface area contributed by atoms with Gasteiger partial charge in [-0.1, -0.05) is 39.7 Å². The molecule has 2 N–H and O–H groups in total. The molecule has 1 aliphatic carbocycles. The number of aromatic amines is 1. The van der Waals surface area contributed by atoms with Crippen molar-refractivity contribution in [3.8, 4) is 0 Å². The van der Waals surface area contributed by atoms with Crippen LogP contribution in [0.1, 0.15) is 58.4 Å². The van der Waals surface area contributed by atoms with Gasteiger partial charge in [0.15, 0.2) is 0 Å². The molecule has 0 aromatic carbocycles. The van der Waals surface area contributed by atoms with E-state index in [4.69, 9.17) is 0 Å². The van der Waals surface area contributed by atoms with Gasteiger partial charge in [0, 0.05) is 37.1 Å². The van der Waals surface area contributed by atoms with Crippen LogP contribution in [0, 0.1) is 17.8 Å². The van der Waals surface area contributed by atoms with Crippen LogP contribution in [0.3, 0.4) is 0 Å². The average molecular weight is 459 g/mol. The number of nitrogens with one attached hydrogen (secondary N) is 2. The van der Waals surface area contributed by atoms with Crippen LogP contribution in [0.4, 0.5) is 14.6 Å². The van der Waals surface area contributed by atoms with E-state index in [1.807, 2.05) is 23.2 Å². The normalized spacial score (nSPS) is 21.3. The highest BCUT2D eigenvalue weighted by atomic mass is 19.2. The number of amides is 1. The monoisotopic (exact) mass is 458 g/mol. The summed E-state index contributed by atoms with van der Waals surface area (Å²) in [6.07, 6.45) is 4.94. The number of H-pyrrole nitrogens is 1. The average Bonchev–Trinajstić information content (AvgIpc) is 3.51. The van der Waals surface area contributed by atoms with Crippen LogP contribution in [0.15, 0.2) is 24.4 Å². The van der Waals surface area contributed by atoms with Crippen molar-refractivity contribution in [2.45, 2.75) is 65.2 Å². The predicted molar refractivity (Wildman–Crippen MR) is 130 cm³/mol. The zero-order valence-corrected chi connectivity index (χ0v) is 19.9. The molecule has 5 nitrogen and oxygen atoms in total. The summed E-state index contributed by atoms with van der Waals surface area (Å²) < 4.78 is 28.9. The van der Waals surface area contributed by atoms with E-state index in [0.29, 0.717) is 31.2 Å². The van der Waals surface area contributed by atoms with Crippen molar-refractivity contribution in [3.05, 3.63) is 30.0 Å². The molecule has 1 aliphatic heterocycles. The molecular formula is C26H36F2N4O. The summed E-state index contributed by atoms with van der Waals surface area (Å²) >= 11 is 0. The maximum Gasteiger partial charge on any atom is 0.228 e. The fraction of sp³-hybridized carbons (Fsp3) is 0.615. The van der Waals surface area contributed by atoms with Crippen molar-refractivity contribution < 1.29 is 13.6 Å². The molecule has 0 bridgehead atoms. The standard InChI is InChI=1S/C26H36F2N4O/c1-16(2)5-4-6-22(27)23(28)15-32-12-10-19(17(3)14-32)21-13-24(31-26(33)18-7-8-18)30-25-20(21)9-11-29-25/h9-11,13,16-18,22-23H,4-8,12,14-15H2,1-3H3,(H2,29,30,31,33)/t17-,22?,23?/m1/s1. The second kappa shape index (κ2) is 10.3. The van der Waals surface area contributed by atoms with Gasteiger partial charge >= 0.3 is 0 Å². The van der Waals surface area contributed by atoms with Gasteiger partial charge in [0.2, 0.25) is 5.91 Å². The summed E-state index contributed by atoms with van der Waals surface area (Å²) in [6.45, 7) is 7.69. The van der Waals surface area contributed by atoms with Crippen LogP contribution in [0.2, 0.25) is 0 Å². The minimum absolute atomic E-state index is 0.0272. The number of halogens is 2. The van der Waals surface area contributed by atoms with E-state index in [1.165, 1.54) is 0 Å². The summed E-state index contributed by atoms with van der Waals surface area (Å²) in [5.41, 5.74) is 2.93. The maximum atomic E-state index is 14.6. The lowest BCUT2D eigenvalue weighted by molar-refractivity contribution is -0.117. The first-order valence-corrected chi connectivity index (χ1v) is 12.3. The number of hydrogen-bond donors (Lipinski definition) is 2. The molecule has 2 aliphatic rings. The second-order valence-electron chi connectivity index (χ2n) is 10.2. The largest absolute Gasteiger partial charge is 0.346 e. The van der Waals surface area contributed by atoms with Gasteiger partial charge in [-0.2, -0.15) is 0 Å². The molecule has 2 aromatic heterocycles.